The second-order valence-electron chi connectivity index (χ2n) is 5.09. The number of pyridine rings is 1. The Morgan fingerprint density at radius 3 is 2.81 bits per heavy atom. The molecule has 0 radical (unpaired) electrons. The van der Waals surface area contributed by atoms with E-state index in [1.807, 2.05) is 13.1 Å². The summed E-state index contributed by atoms with van der Waals surface area (Å²) in [5.41, 5.74) is 2.52. The maximum absolute atomic E-state index is 14.3. The molecule has 16 heavy (non-hydrogen) atoms. The van der Waals surface area contributed by atoms with Crippen LogP contribution in [0.3, 0.4) is 0 Å². The average Bonchev–Trinajstić information content (AvgIpc) is 2.18. The number of anilines is 1. The van der Waals surface area contributed by atoms with Crippen molar-refractivity contribution in [1.29, 1.82) is 0 Å². The van der Waals surface area contributed by atoms with Crippen LogP contribution in [0.25, 0.3) is 0 Å². The third-order valence-corrected chi connectivity index (χ3v) is 3.39. The minimum atomic E-state index is -1.29. The number of fused-ring (bicyclic) bond motifs is 1. The van der Waals surface area contributed by atoms with Gasteiger partial charge >= 0.3 is 0 Å². The molecule has 1 aromatic rings. The molecule has 2 nitrogen and oxygen atoms in total. The van der Waals surface area contributed by atoms with Crippen LogP contribution in [0.1, 0.15) is 49.9 Å². The van der Waals surface area contributed by atoms with Crippen LogP contribution in [0.15, 0.2) is 6.20 Å². The summed E-state index contributed by atoms with van der Waals surface area (Å²) in [6, 6.07) is 0. The standard InChI is InChI=1S/C13H19FN2/c1-8(2)10-7-16-12-11(9(10)3)15-6-5-13(12,4)14/h7-8,15H,5-6H2,1-4H3. The van der Waals surface area contributed by atoms with Crippen molar-refractivity contribution in [3.63, 3.8) is 0 Å². The van der Waals surface area contributed by atoms with Crippen LogP contribution >= 0.6 is 0 Å². The van der Waals surface area contributed by atoms with Crippen molar-refractivity contribution in [2.75, 3.05) is 11.9 Å². The second-order valence-corrected chi connectivity index (χ2v) is 5.09. The van der Waals surface area contributed by atoms with Crippen LogP contribution in [-0.4, -0.2) is 11.5 Å². The summed E-state index contributed by atoms with van der Waals surface area (Å²) in [6.45, 7) is 8.62. The highest BCUT2D eigenvalue weighted by Crippen LogP contribution is 2.39. The Labute approximate surface area is 96.3 Å². The minimum absolute atomic E-state index is 0.424. The lowest BCUT2D eigenvalue weighted by Crippen LogP contribution is -2.29. The van der Waals surface area contributed by atoms with Gasteiger partial charge in [-0.15, -0.1) is 0 Å². The van der Waals surface area contributed by atoms with E-state index in [1.54, 1.807) is 6.92 Å². The molecule has 1 aliphatic heterocycles. The molecule has 88 valence electrons. The Bertz CT molecular complexity index is 411. The number of nitrogens with zero attached hydrogens (tertiary/aromatic N) is 1. The fourth-order valence-electron chi connectivity index (χ4n) is 2.35. The SMILES string of the molecule is Cc1c(C(C)C)cnc2c1NCCC2(C)F. The van der Waals surface area contributed by atoms with Crippen LogP contribution in [0.4, 0.5) is 10.1 Å². The lowest BCUT2D eigenvalue weighted by atomic mass is 9.89. The highest BCUT2D eigenvalue weighted by molar-refractivity contribution is 5.60. The summed E-state index contributed by atoms with van der Waals surface area (Å²) in [7, 11) is 0. The molecule has 0 saturated carbocycles. The van der Waals surface area contributed by atoms with E-state index >= 15 is 0 Å². The molecule has 0 amide bonds. The number of nitrogens with one attached hydrogen (secondary N) is 1. The minimum Gasteiger partial charge on any atom is -0.383 e. The molecule has 2 heterocycles. The van der Waals surface area contributed by atoms with Gasteiger partial charge in [-0.3, -0.25) is 4.98 Å². The molecular formula is C13H19FN2. The van der Waals surface area contributed by atoms with E-state index in [0.717, 1.165) is 11.3 Å². The zero-order valence-electron chi connectivity index (χ0n) is 10.4. The smallest absolute Gasteiger partial charge is 0.153 e. The largest absolute Gasteiger partial charge is 0.383 e. The molecule has 0 aromatic carbocycles. The van der Waals surface area contributed by atoms with Crippen molar-refractivity contribution in [2.45, 2.75) is 45.7 Å². The summed E-state index contributed by atoms with van der Waals surface area (Å²) in [5, 5.41) is 3.28. The Morgan fingerprint density at radius 1 is 1.50 bits per heavy atom. The zero-order valence-corrected chi connectivity index (χ0v) is 10.4. The van der Waals surface area contributed by atoms with Crippen molar-refractivity contribution < 1.29 is 4.39 Å². The van der Waals surface area contributed by atoms with Gasteiger partial charge in [0.05, 0.1) is 5.69 Å². The molecule has 1 unspecified atom stereocenters. The van der Waals surface area contributed by atoms with Gasteiger partial charge in [-0.25, -0.2) is 4.39 Å². The van der Waals surface area contributed by atoms with Gasteiger partial charge in [0.15, 0.2) is 5.67 Å². The summed E-state index contributed by atoms with van der Waals surface area (Å²) in [4.78, 5) is 4.32. The van der Waals surface area contributed by atoms with E-state index in [4.69, 9.17) is 0 Å². The Kier molecular flexibility index (Phi) is 2.64. The van der Waals surface area contributed by atoms with Gasteiger partial charge in [0, 0.05) is 19.2 Å². The lowest BCUT2D eigenvalue weighted by molar-refractivity contribution is 0.171. The Morgan fingerprint density at radius 2 is 2.19 bits per heavy atom. The predicted molar refractivity (Wildman–Crippen MR) is 64.6 cm³/mol. The number of alkyl halides is 1. The van der Waals surface area contributed by atoms with Gasteiger partial charge in [-0.05, 0) is 30.9 Å². The molecule has 0 fully saturated rings. The van der Waals surface area contributed by atoms with Gasteiger partial charge in [0.1, 0.15) is 5.69 Å². The summed E-state index contributed by atoms with van der Waals surface area (Å²) in [5.74, 6) is 0.424. The van der Waals surface area contributed by atoms with Crippen LogP contribution in [0.5, 0.6) is 0 Å². The summed E-state index contributed by atoms with van der Waals surface area (Å²) < 4.78 is 14.3. The molecule has 2 rings (SSSR count). The van der Waals surface area contributed by atoms with E-state index in [1.165, 1.54) is 5.56 Å². The molecule has 1 aliphatic rings. The first kappa shape index (κ1) is 11.4. The number of rotatable bonds is 1. The fourth-order valence-corrected chi connectivity index (χ4v) is 2.35. The fraction of sp³-hybridized carbons (Fsp3) is 0.615. The average molecular weight is 222 g/mol. The highest BCUT2D eigenvalue weighted by Gasteiger charge is 2.34. The maximum atomic E-state index is 14.3. The molecule has 0 saturated heterocycles. The van der Waals surface area contributed by atoms with Gasteiger partial charge in [-0.2, -0.15) is 0 Å². The number of hydrogen-bond acceptors (Lipinski definition) is 2. The van der Waals surface area contributed by atoms with Gasteiger partial charge in [-0.1, -0.05) is 13.8 Å². The molecule has 1 N–H and O–H groups in total. The quantitative estimate of drug-likeness (QED) is 0.786. The molecule has 0 aliphatic carbocycles. The molecular weight excluding hydrogens is 203 g/mol. The molecule has 0 spiro atoms. The number of hydrogen-bond donors (Lipinski definition) is 1. The third kappa shape index (κ3) is 1.68. The van der Waals surface area contributed by atoms with Crippen molar-refractivity contribution in [3.8, 4) is 0 Å². The molecule has 1 aromatic heterocycles. The zero-order chi connectivity index (χ0) is 11.9. The first-order valence-electron chi connectivity index (χ1n) is 5.86. The highest BCUT2D eigenvalue weighted by atomic mass is 19.1. The van der Waals surface area contributed by atoms with Crippen molar-refractivity contribution in [2.24, 2.45) is 0 Å². The monoisotopic (exact) mass is 222 g/mol. The normalized spacial score (nSPS) is 24.1. The topological polar surface area (TPSA) is 24.9 Å². The molecule has 0 bridgehead atoms. The van der Waals surface area contributed by atoms with E-state index < -0.39 is 5.67 Å². The predicted octanol–water partition coefficient (Wildman–Crippen LogP) is 3.51. The van der Waals surface area contributed by atoms with E-state index in [0.29, 0.717) is 24.6 Å². The first-order valence-corrected chi connectivity index (χ1v) is 5.86. The molecule has 1 atom stereocenters. The lowest BCUT2D eigenvalue weighted by Gasteiger charge is -2.30. The van der Waals surface area contributed by atoms with Gasteiger partial charge in [0.25, 0.3) is 0 Å². The molecule has 3 heteroatoms. The summed E-state index contributed by atoms with van der Waals surface area (Å²) in [6.07, 6.45) is 2.32. The Hall–Kier alpha value is -1.12. The van der Waals surface area contributed by atoms with Crippen LogP contribution < -0.4 is 5.32 Å². The first-order chi connectivity index (χ1) is 7.43. The third-order valence-electron chi connectivity index (χ3n) is 3.39. The van der Waals surface area contributed by atoms with Gasteiger partial charge in [0.2, 0.25) is 0 Å². The summed E-state index contributed by atoms with van der Waals surface area (Å²) >= 11 is 0. The van der Waals surface area contributed by atoms with Crippen LogP contribution in [-0.2, 0) is 5.67 Å². The van der Waals surface area contributed by atoms with E-state index in [2.05, 4.69) is 24.1 Å². The van der Waals surface area contributed by atoms with Crippen molar-refractivity contribution in [1.82, 2.24) is 4.98 Å². The van der Waals surface area contributed by atoms with Crippen LogP contribution in [0, 0.1) is 6.92 Å². The second kappa shape index (κ2) is 3.72. The van der Waals surface area contributed by atoms with Crippen molar-refractivity contribution in [3.05, 3.63) is 23.0 Å². The van der Waals surface area contributed by atoms with E-state index in [9.17, 15) is 4.39 Å². The van der Waals surface area contributed by atoms with Crippen molar-refractivity contribution >= 4 is 5.69 Å². The van der Waals surface area contributed by atoms with Crippen LogP contribution in [0.2, 0.25) is 0 Å². The van der Waals surface area contributed by atoms with E-state index in [-0.39, 0.29) is 0 Å². The Balaban J connectivity index is 2.58. The van der Waals surface area contributed by atoms with Gasteiger partial charge < -0.3 is 5.32 Å². The number of aromatic nitrogens is 1. The maximum Gasteiger partial charge on any atom is 0.153 e. The number of halogens is 1.